The predicted octanol–water partition coefficient (Wildman–Crippen LogP) is 4.52. The number of aliphatic hydroxyl groups is 1. The van der Waals surface area contributed by atoms with E-state index in [2.05, 4.69) is 10.2 Å². The first kappa shape index (κ1) is 41.6. The average molecular weight is 812 g/mol. The summed E-state index contributed by atoms with van der Waals surface area (Å²) < 4.78 is 11.9. The number of nitrogens with one attached hydrogen (secondary N) is 1. The number of benzene rings is 3. The monoisotopic (exact) mass is 811 g/mol. The topological polar surface area (TPSA) is 152 Å². The summed E-state index contributed by atoms with van der Waals surface area (Å²) in [6.45, 7) is 7.85. The number of amides is 3. The molecule has 3 amide bonds. The van der Waals surface area contributed by atoms with Crippen molar-refractivity contribution in [2.75, 3.05) is 61.3 Å². The van der Waals surface area contributed by atoms with Crippen molar-refractivity contribution in [1.29, 1.82) is 0 Å². The average Bonchev–Trinajstić information content (AvgIpc) is 3.76. The number of aliphatic hydroxyl groups excluding tert-OH is 1. The van der Waals surface area contributed by atoms with Gasteiger partial charge in [-0.15, -0.1) is 0 Å². The minimum absolute atomic E-state index is 0.00358. The van der Waals surface area contributed by atoms with E-state index in [1.165, 1.54) is 7.11 Å². The summed E-state index contributed by atoms with van der Waals surface area (Å²) in [7, 11) is -1.77. The first-order valence-corrected chi connectivity index (χ1v) is 23.6. The standard InChI is InChI=1S/C44H57N5O8Si/c1-31-40(58(3,4)55)37(28-38(51)46(25-26-50)29-32-13-7-5-8-14-32)57-44(31)35-27-34(18-19-36(35)47(42(44)54)24-12-11-17-39(52)56-2)48-30-49(33-15-9-6-10-16-33)43(41(48)53)20-22-45-23-21-43/h5-10,13-16,18-19,27,31,37,40,45,50,55H,11-12,17,20-26,28-30H2,1-4H3/t31-,37+,40-,44+/m1/s1. The minimum Gasteiger partial charge on any atom is -0.469 e. The lowest BCUT2D eigenvalue weighted by molar-refractivity contribution is -0.150. The fourth-order valence-corrected chi connectivity index (χ4v) is 12.5. The lowest BCUT2D eigenvalue weighted by atomic mass is 9.82. The number of methoxy groups -OCH3 is 1. The molecule has 3 fully saturated rings. The van der Waals surface area contributed by atoms with Crippen molar-refractivity contribution >= 4 is 49.1 Å². The molecule has 2 spiro atoms. The van der Waals surface area contributed by atoms with Gasteiger partial charge in [-0.05, 0) is 87.8 Å². The third-order valence-electron chi connectivity index (χ3n) is 12.8. The van der Waals surface area contributed by atoms with Gasteiger partial charge in [-0.2, -0.15) is 0 Å². The number of nitrogens with zero attached hydrogens (tertiary/aromatic N) is 4. The van der Waals surface area contributed by atoms with Crippen LogP contribution in [-0.4, -0.2) is 105 Å². The number of carbonyl (C=O) groups is 4. The summed E-state index contributed by atoms with van der Waals surface area (Å²) in [5, 5.41) is 13.4. The molecule has 4 atom stereocenters. The molecule has 310 valence electrons. The highest BCUT2D eigenvalue weighted by Gasteiger charge is 2.66. The van der Waals surface area contributed by atoms with Crippen LogP contribution < -0.4 is 20.0 Å². The van der Waals surface area contributed by atoms with Crippen LogP contribution in [0.25, 0.3) is 0 Å². The minimum atomic E-state index is -3.13. The van der Waals surface area contributed by atoms with Crippen molar-refractivity contribution in [3.8, 4) is 0 Å². The Hall–Kier alpha value is -4.60. The molecule has 3 aromatic rings. The first-order valence-electron chi connectivity index (χ1n) is 20.6. The zero-order valence-electron chi connectivity index (χ0n) is 34.1. The molecule has 0 aromatic heterocycles. The molecule has 0 saturated carbocycles. The fourth-order valence-electron chi connectivity index (χ4n) is 9.98. The van der Waals surface area contributed by atoms with E-state index < -0.39 is 37.0 Å². The van der Waals surface area contributed by atoms with Crippen LogP contribution in [-0.2, 0) is 40.8 Å². The molecule has 58 heavy (non-hydrogen) atoms. The Kier molecular flexibility index (Phi) is 12.1. The number of anilines is 3. The van der Waals surface area contributed by atoms with E-state index in [0.29, 0.717) is 75.5 Å². The van der Waals surface area contributed by atoms with Crippen molar-refractivity contribution < 1.29 is 38.6 Å². The fraction of sp³-hybridized carbons (Fsp3) is 0.500. The first-order chi connectivity index (χ1) is 27.9. The molecule has 3 saturated heterocycles. The van der Waals surface area contributed by atoms with Gasteiger partial charge in [0.1, 0.15) is 5.54 Å². The SMILES string of the molecule is COC(=O)CCCCN1C(=O)[C@@]2(O[C@@H](CC(=O)N(CCO)Cc3ccccc3)[C@H]([Si](C)(C)O)[C@H]2C)c2cc(N3CN(c4ccccc4)C4(CCNCC4)C3=O)ccc21. The van der Waals surface area contributed by atoms with Gasteiger partial charge >= 0.3 is 5.97 Å². The number of hydrogen-bond donors (Lipinski definition) is 3. The van der Waals surface area contributed by atoms with Gasteiger partial charge in [-0.3, -0.25) is 24.1 Å². The molecule has 0 unspecified atom stereocenters. The van der Waals surface area contributed by atoms with E-state index in [1.54, 1.807) is 9.80 Å². The van der Waals surface area contributed by atoms with Gasteiger partial charge in [-0.1, -0.05) is 55.5 Å². The quantitative estimate of drug-likeness (QED) is 0.121. The molecule has 0 bridgehead atoms. The third-order valence-corrected chi connectivity index (χ3v) is 15.3. The van der Waals surface area contributed by atoms with Crippen LogP contribution in [0.15, 0.2) is 78.9 Å². The molecule has 14 heteroatoms. The summed E-state index contributed by atoms with van der Waals surface area (Å²) in [5.41, 5.74) is 0.988. The van der Waals surface area contributed by atoms with Crippen molar-refractivity contribution in [2.45, 2.75) is 87.9 Å². The lowest BCUT2D eigenvalue weighted by Gasteiger charge is -2.39. The largest absolute Gasteiger partial charge is 0.469 e. The van der Waals surface area contributed by atoms with E-state index in [1.807, 2.05) is 104 Å². The molecule has 0 radical (unpaired) electrons. The Morgan fingerprint density at radius 3 is 2.31 bits per heavy atom. The van der Waals surface area contributed by atoms with E-state index in [0.717, 1.165) is 11.3 Å². The van der Waals surface area contributed by atoms with E-state index in [-0.39, 0.29) is 49.7 Å². The number of rotatable bonds is 14. The van der Waals surface area contributed by atoms with Crippen LogP contribution in [0.5, 0.6) is 0 Å². The van der Waals surface area contributed by atoms with Gasteiger partial charge in [0.2, 0.25) is 5.91 Å². The summed E-state index contributed by atoms with van der Waals surface area (Å²) in [6, 6.07) is 25.3. The highest BCUT2D eigenvalue weighted by molar-refractivity contribution is 6.71. The molecule has 13 nitrogen and oxygen atoms in total. The second-order valence-corrected chi connectivity index (χ2v) is 20.7. The number of carbonyl (C=O) groups excluding carboxylic acids is 4. The van der Waals surface area contributed by atoms with Crippen molar-refractivity contribution in [2.24, 2.45) is 5.92 Å². The number of unbranched alkanes of at least 4 members (excludes halogenated alkanes) is 1. The van der Waals surface area contributed by atoms with Crippen LogP contribution in [0, 0.1) is 5.92 Å². The Labute approximate surface area is 342 Å². The van der Waals surface area contributed by atoms with E-state index >= 15 is 4.79 Å². The molecule has 7 rings (SSSR count). The normalized spacial score (nSPS) is 23.9. The van der Waals surface area contributed by atoms with Crippen molar-refractivity contribution in [3.05, 3.63) is 90.0 Å². The number of para-hydroxylation sites is 1. The van der Waals surface area contributed by atoms with Gasteiger partial charge < -0.3 is 39.4 Å². The highest BCUT2D eigenvalue weighted by atomic mass is 28.4. The molecule has 4 heterocycles. The zero-order chi connectivity index (χ0) is 41.2. The van der Waals surface area contributed by atoms with E-state index in [9.17, 15) is 24.3 Å². The second kappa shape index (κ2) is 16.9. The highest BCUT2D eigenvalue weighted by Crippen LogP contribution is 2.60. The Morgan fingerprint density at radius 2 is 1.66 bits per heavy atom. The number of esters is 1. The summed E-state index contributed by atoms with van der Waals surface area (Å²) in [5.74, 6) is -1.38. The summed E-state index contributed by atoms with van der Waals surface area (Å²) >= 11 is 0. The summed E-state index contributed by atoms with van der Waals surface area (Å²) in [6.07, 6.45) is 1.67. The van der Waals surface area contributed by atoms with Crippen LogP contribution in [0.2, 0.25) is 18.6 Å². The third kappa shape index (κ3) is 7.56. The lowest BCUT2D eigenvalue weighted by Crippen LogP contribution is -2.55. The predicted molar refractivity (Wildman–Crippen MR) is 223 cm³/mol. The van der Waals surface area contributed by atoms with Crippen molar-refractivity contribution in [3.63, 3.8) is 0 Å². The van der Waals surface area contributed by atoms with Gasteiger partial charge in [0, 0.05) is 54.5 Å². The van der Waals surface area contributed by atoms with Gasteiger partial charge in [0.25, 0.3) is 11.8 Å². The Balaban J connectivity index is 1.27. The second-order valence-electron chi connectivity index (χ2n) is 16.7. The molecular weight excluding hydrogens is 755 g/mol. The van der Waals surface area contributed by atoms with E-state index in [4.69, 9.17) is 9.47 Å². The maximum absolute atomic E-state index is 15.2. The Bertz CT molecular complexity index is 1970. The van der Waals surface area contributed by atoms with Crippen LogP contribution in [0.1, 0.15) is 56.6 Å². The maximum Gasteiger partial charge on any atom is 0.305 e. The number of fused-ring (bicyclic) bond motifs is 2. The van der Waals surface area contributed by atoms with Gasteiger partial charge in [-0.25, -0.2) is 0 Å². The number of hydrogen-bond acceptors (Lipinski definition) is 10. The van der Waals surface area contributed by atoms with Gasteiger partial charge in [0.05, 0.1) is 38.6 Å². The molecule has 4 aliphatic rings. The van der Waals surface area contributed by atoms with Crippen LogP contribution in [0.3, 0.4) is 0 Å². The zero-order valence-corrected chi connectivity index (χ0v) is 35.1. The maximum atomic E-state index is 15.2. The van der Waals surface area contributed by atoms with Gasteiger partial charge in [0.15, 0.2) is 13.9 Å². The van der Waals surface area contributed by atoms with Crippen LogP contribution >= 0.6 is 0 Å². The number of ether oxygens (including phenoxy) is 2. The molecular formula is C44H57N5O8Si. The Morgan fingerprint density at radius 1 is 0.966 bits per heavy atom. The molecule has 3 N–H and O–H groups in total. The molecule has 0 aliphatic carbocycles. The van der Waals surface area contributed by atoms with Crippen LogP contribution in [0.4, 0.5) is 17.1 Å². The molecule has 3 aromatic carbocycles. The smallest absolute Gasteiger partial charge is 0.305 e. The summed E-state index contributed by atoms with van der Waals surface area (Å²) in [4.78, 5) is 75.3. The van der Waals surface area contributed by atoms with Crippen molar-refractivity contribution in [1.82, 2.24) is 10.2 Å². The number of piperidine rings is 1. The molecule has 4 aliphatic heterocycles.